The molecule has 1 aliphatic carbocycles. The normalized spacial score (nSPS) is 20.0. The second kappa shape index (κ2) is 6.36. The Morgan fingerprint density at radius 3 is 2.96 bits per heavy atom. The van der Waals surface area contributed by atoms with E-state index in [1.165, 1.54) is 17.5 Å². The predicted molar refractivity (Wildman–Crippen MR) is 92.0 cm³/mol. The van der Waals surface area contributed by atoms with Crippen molar-refractivity contribution in [1.29, 1.82) is 0 Å². The zero-order valence-electron chi connectivity index (χ0n) is 14.0. The van der Waals surface area contributed by atoms with Crippen molar-refractivity contribution in [2.45, 2.75) is 32.3 Å². The van der Waals surface area contributed by atoms with E-state index in [-0.39, 0.29) is 12.0 Å². The molecule has 1 amide bonds. The van der Waals surface area contributed by atoms with Crippen LogP contribution < -0.4 is 0 Å². The molecule has 1 aliphatic heterocycles. The van der Waals surface area contributed by atoms with E-state index in [0.717, 1.165) is 29.7 Å². The molecule has 1 fully saturated rings. The standard InChI is InChI=1S/C20H22N2O2/c1-14-11-17(7-8-21-14)19-13-22(9-10-24-19)20(23)18-6-5-15-3-2-4-16(15)12-18/h5-8,11-12,19H,2-4,9-10,13H2,1H3/t19-/m1/s1. The van der Waals surface area contributed by atoms with Crippen LogP contribution >= 0.6 is 0 Å². The zero-order valence-corrected chi connectivity index (χ0v) is 14.0. The number of benzene rings is 1. The summed E-state index contributed by atoms with van der Waals surface area (Å²) in [6.45, 7) is 3.79. The van der Waals surface area contributed by atoms with Crippen molar-refractivity contribution in [3.8, 4) is 0 Å². The molecule has 4 heteroatoms. The molecule has 24 heavy (non-hydrogen) atoms. The Kier molecular flexibility index (Phi) is 4.07. The van der Waals surface area contributed by atoms with Gasteiger partial charge in [-0.2, -0.15) is 0 Å². The Morgan fingerprint density at radius 1 is 1.21 bits per heavy atom. The average molecular weight is 322 g/mol. The molecule has 2 aliphatic rings. The molecule has 0 spiro atoms. The number of aryl methyl sites for hydroxylation is 3. The van der Waals surface area contributed by atoms with Gasteiger partial charge in [-0.1, -0.05) is 6.07 Å². The molecule has 0 unspecified atom stereocenters. The maximum absolute atomic E-state index is 12.9. The summed E-state index contributed by atoms with van der Waals surface area (Å²) in [7, 11) is 0. The van der Waals surface area contributed by atoms with Gasteiger partial charge in [0.1, 0.15) is 6.10 Å². The largest absolute Gasteiger partial charge is 0.370 e. The first-order chi connectivity index (χ1) is 11.7. The lowest BCUT2D eigenvalue weighted by Crippen LogP contribution is -2.42. The number of amides is 1. The molecular weight excluding hydrogens is 300 g/mol. The maximum atomic E-state index is 12.9. The van der Waals surface area contributed by atoms with Crippen LogP contribution in [0.25, 0.3) is 0 Å². The Bertz CT molecular complexity index is 772. The first-order valence-electron chi connectivity index (χ1n) is 8.66. The fourth-order valence-electron chi connectivity index (χ4n) is 3.69. The Hall–Kier alpha value is -2.20. The van der Waals surface area contributed by atoms with Gasteiger partial charge in [-0.3, -0.25) is 9.78 Å². The highest BCUT2D eigenvalue weighted by molar-refractivity contribution is 5.94. The van der Waals surface area contributed by atoms with E-state index >= 15 is 0 Å². The van der Waals surface area contributed by atoms with Crippen LogP contribution in [-0.4, -0.2) is 35.5 Å². The van der Waals surface area contributed by atoms with Crippen LogP contribution in [0.15, 0.2) is 36.5 Å². The molecule has 2 aromatic rings. The Balaban J connectivity index is 1.52. The first-order valence-corrected chi connectivity index (χ1v) is 8.66. The minimum atomic E-state index is -0.0705. The molecule has 0 saturated carbocycles. The minimum absolute atomic E-state index is 0.0705. The molecule has 124 valence electrons. The molecule has 1 atom stereocenters. The highest BCUT2D eigenvalue weighted by Crippen LogP contribution is 2.26. The molecular formula is C20H22N2O2. The molecule has 4 nitrogen and oxygen atoms in total. The number of nitrogens with zero attached hydrogens (tertiary/aromatic N) is 2. The van der Waals surface area contributed by atoms with Crippen molar-refractivity contribution in [3.05, 3.63) is 64.5 Å². The van der Waals surface area contributed by atoms with E-state index in [0.29, 0.717) is 19.7 Å². The summed E-state index contributed by atoms with van der Waals surface area (Å²) in [6, 6.07) is 10.2. The van der Waals surface area contributed by atoms with E-state index in [2.05, 4.69) is 17.1 Å². The number of carbonyl (C=O) groups excluding carboxylic acids is 1. The topological polar surface area (TPSA) is 42.4 Å². The van der Waals surface area contributed by atoms with Crippen molar-refractivity contribution in [3.63, 3.8) is 0 Å². The third-order valence-corrected chi connectivity index (χ3v) is 4.99. The van der Waals surface area contributed by atoms with E-state index in [9.17, 15) is 4.79 Å². The number of ether oxygens (including phenoxy) is 1. The SMILES string of the molecule is Cc1cc([C@H]2CN(C(=O)c3ccc4c(c3)CCC4)CCO2)ccn1. The number of pyridine rings is 1. The van der Waals surface area contributed by atoms with Gasteiger partial charge in [-0.05, 0) is 67.1 Å². The van der Waals surface area contributed by atoms with E-state index < -0.39 is 0 Å². The average Bonchev–Trinajstić information content (AvgIpc) is 3.09. The number of fused-ring (bicyclic) bond motifs is 1. The van der Waals surface area contributed by atoms with Gasteiger partial charge in [0.15, 0.2) is 0 Å². The van der Waals surface area contributed by atoms with Crippen molar-refractivity contribution in [2.75, 3.05) is 19.7 Å². The lowest BCUT2D eigenvalue weighted by Gasteiger charge is -2.33. The monoisotopic (exact) mass is 322 g/mol. The van der Waals surface area contributed by atoms with Crippen LogP contribution in [0.4, 0.5) is 0 Å². The highest BCUT2D eigenvalue weighted by atomic mass is 16.5. The molecule has 1 aromatic carbocycles. The van der Waals surface area contributed by atoms with Crippen LogP contribution in [-0.2, 0) is 17.6 Å². The van der Waals surface area contributed by atoms with E-state index in [1.54, 1.807) is 6.20 Å². The lowest BCUT2D eigenvalue weighted by molar-refractivity contribution is -0.0228. The quantitative estimate of drug-likeness (QED) is 0.853. The van der Waals surface area contributed by atoms with Crippen molar-refractivity contribution >= 4 is 5.91 Å². The Labute approximate surface area is 142 Å². The van der Waals surface area contributed by atoms with Gasteiger partial charge >= 0.3 is 0 Å². The van der Waals surface area contributed by atoms with Gasteiger partial charge < -0.3 is 9.64 Å². The molecule has 4 rings (SSSR count). The number of rotatable bonds is 2. The molecule has 0 radical (unpaired) electrons. The van der Waals surface area contributed by atoms with Crippen LogP contribution in [0.3, 0.4) is 0 Å². The minimum Gasteiger partial charge on any atom is -0.370 e. The van der Waals surface area contributed by atoms with Crippen molar-refractivity contribution in [1.82, 2.24) is 9.88 Å². The van der Waals surface area contributed by atoms with Gasteiger partial charge in [0, 0.05) is 24.0 Å². The van der Waals surface area contributed by atoms with Crippen molar-refractivity contribution in [2.24, 2.45) is 0 Å². The smallest absolute Gasteiger partial charge is 0.254 e. The summed E-state index contributed by atoms with van der Waals surface area (Å²) >= 11 is 0. The number of aromatic nitrogens is 1. The summed E-state index contributed by atoms with van der Waals surface area (Å²) in [6.07, 6.45) is 5.17. The highest BCUT2D eigenvalue weighted by Gasteiger charge is 2.27. The van der Waals surface area contributed by atoms with E-state index in [1.807, 2.05) is 30.0 Å². The lowest BCUT2D eigenvalue weighted by atomic mass is 10.0. The van der Waals surface area contributed by atoms with Gasteiger partial charge in [0.25, 0.3) is 5.91 Å². The maximum Gasteiger partial charge on any atom is 0.254 e. The van der Waals surface area contributed by atoms with Crippen LogP contribution in [0.1, 0.15) is 45.3 Å². The fourth-order valence-corrected chi connectivity index (χ4v) is 3.69. The number of hydrogen-bond donors (Lipinski definition) is 0. The molecule has 0 bridgehead atoms. The second-order valence-electron chi connectivity index (χ2n) is 6.68. The zero-order chi connectivity index (χ0) is 16.5. The number of hydrogen-bond acceptors (Lipinski definition) is 3. The summed E-state index contributed by atoms with van der Waals surface area (Å²) in [4.78, 5) is 19.1. The first kappa shape index (κ1) is 15.3. The predicted octanol–water partition coefficient (Wildman–Crippen LogP) is 3.09. The summed E-state index contributed by atoms with van der Waals surface area (Å²) < 4.78 is 5.89. The van der Waals surface area contributed by atoms with Gasteiger partial charge in [0.05, 0.1) is 13.2 Å². The summed E-state index contributed by atoms with van der Waals surface area (Å²) in [5.74, 6) is 0.115. The summed E-state index contributed by atoms with van der Waals surface area (Å²) in [5.41, 5.74) is 5.61. The van der Waals surface area contributed by atoms with E-state index in [4.69, 9.17) is 4.74 Å². The molecule has 1 saturated heterocycles. The van der Waals surface area contributed by atoms with Gasteiger partial charge in [-0.25, -0.2) is 0 Å². The molecule has 0 N–H and O–H groups in total. The number of carbonyl (C=O) groups is 1. The van der Waals surface area contributed by atoms with Crippen molar-refractivity contribution < 1.29 is 9.53 Å². The summed E-state index contributed by atoms with van der Waals surface area (Å²) in [5, 5.41) is 0. The number of morpholine rings is 1. The third kappa shape index (κ3) is 2.94. The molecule has 1 aromatic heterocycles. The van der Waals surface area contributed by atoms with Gasteiger partial charge in [-0.15, -0.1) is 0 Å². The van der Waals surface area contributed by atoms with Crippen LogP contribution in [0, 0.1) is 6.92 Å². The molecule has 2 heterocycles. The fraction of sp³-hybridized carbons (Fsp3) is 0.400. The Morgan fingerprint density at radius 2 is 2.08 bits per heavy atom. The second-order valence-corrected chi connectivity index (χ2v) is 6.68. The van der Waals surface area contributed by atoms with Gasteiger partial charge in [0.2, 0.25) is 0 Å². The van der Waals surface area contributed by atoms with Crippen LogP contribution in [0.2, 0.25) is 0 Å². The van der Waals surface area contributed by atoms with Crippen LogP contribution in [0.5, 0.6) is 0 Å². The third-order valence-electron chi connectivity index (χ3n) is 4.99.